The first-order valence-corrected chi connectivity index (χ1v) is 3.06. The first kappa shape index (κ1) is 8.12. The Kier molecular flexibility index (Phi) is 2.32. The van der Waals surface area contributed by atoms with Crippen molar-refractivity contribution in [2.75, 3.05) is 5.32 Å². The Bertz CT molecular complexity index is 295. The van der Waals surface area contributed by atoms with E-state index in [-0.39, 0.29) is 5.82 Å². The van der Waals surface area contributed by atoms with Gasteiger partial charge in [-0.25, -0.2) is 9.97 Å². The maximum Gasteiger partial charge on any atom is 0.286 e. The van der Waals surface area contributed by atoms with E-state index in [1.54, 1.807) is 0 Å². The van der Waals surface area contributed by atoms with E-state index in [1.165, 1.54) is 12.4 Å². The summed E-state index contributed by atoms with van der Waals surface area (Å²) in [4.78, 5) is 27.6. The summed E-state index contributed by atoms with van der Waals surface area (Å²) in [7, 11) is 0. The van der Waals surface area contributed by atoms with Crippen molar-refractivity contribution >= 4 is 18.0 Å². The summed E-state index contributed by atoms with van der Waals surface area (Å²) in [5.41, 5.74) is 5.30. The van der Waals surface area contributed by atoms with E-state index in [0.717, 1.165) is 0 Å². The van der Waals surface area contributed by atoms with Gasteiger partial charge in [0.25, 0.3) is 5.91 Å². The average molecular weight is 166 g/mol. The van der Waals surface area contributed by atoms with Crippen LogP contribution in [-0.4, -0.2) is 22.3 Å². The highest BCUT2D eigenvalue weighted by Gasteiger charge is 2.01. The van der Waals surface area contributed by atoms with Crippen LogP contribution in [0.25, 0.3) is 0 Å². The predicted octanol–water partition coefficient (Wildman–Crippen LogP) is -0.856. The van der Waals surface area contributed by atoms with E-state index in [9.17, 15) is 9.59 Å². The average Bonchev–Trinajstić information content (AvgIpc) is 2.06. The second-order valence-electron chi connectivity index (χ2n) is 1.92. The molecule has 0 bridgehead atoms. The lowest BCUT2D eigenvalue weighted by Crippen LogP contribution is -2.15. The normalized spacial score (nSPS) is 9.00. The zero-order valence-electron chi connectivity index (χ0n) is 6.02. The summed E-state index contributed by atoms with van der Waals surface area (Å²) < 4.78 is 0. The zero-order valence-corrected chi connectivity index (χ0v) is 6.02. The van der Waals surface area contributed by atoms with Crippen LogP contribution in [-0.2, 0) is 4.79 Å². The molecule has 0 aliphatic carbocycles. The van der Waals surface area contributed by atoms with E-state index in [1.807, 2.05) is 0 Å². The molecule has 1 rings (SSSR count). The molecule has 0 fully saturated rings. The summed E-state index contributed by atoms with van der Waals surface area (Å²) in [6.45, 7) is 0. The smallest absolute Gasteiger partial charge is 0.286 e. The van der Waals surface area contributed by atoms with Gasteiger partial charge < -0.3 is 11.1 Å². The predicted molar refractivity (Wildman–Crippen MR) is 40.2 cm³/mol. The number of nitrogens with two attached hydrogens (primary N) is 1. The molecule has 1 aromatic heterocycles. The van der Waals surface area contributed by atoms with E-state index in [0.29, 0.717) is 12.1 Å². The molecule has 62 valence electrons. The Morgan fingerprint density at radius 1 is 1.50 bits per heavy atom. The van der Waals surface area contributed by atoms with Crippen molar-refractivity contribution in [2.45, 2.75) is 0 Å². The van der Waals surface area contributed by atoms with Gasteiger partial charge in [0, 0.05) is 0 Å². The Labute approximate surface area is 67.8 Å². The molecular formula is C6H6N4O2. The lowest BCUT2D eigenvalue weighted by molar-refractivity contribution is -0.105. The van der Waals surface area contributed by atoms with Crippen molar-refractivity contribution in [1.82, 2.24) is 9.97 Å². The van der Waals surface area contributed by atoms with Gasteiger partial charge >= 0.3 is 0 Å². The van der Waals surface area contributed by atoms with Crippen molar-refractivity contribution in [3.05, 3.63) is 18.2 Å². The molecule has 1 aromatic rings. The van der Waals surface area contributed by atoms with Crippen molar-refractivity contribution in [3.8, 4) is 0 Å². The molecule has 0 aliphatic rings. The Morgan fingerprint density at radius 3 is 2.50 bits per heavy atom. The molecule has 0 aliphatic heterocycles. The number of nitrogens with zero attached hydrogens (tertiary/aromatic N) is 2. The van der Waals surface area contributed by atoms with Crippen LogP contribution in [0, 0.1) is 0 Å². The van der Waals surface area contributed by atoms with Crippen LogP contribution < -0.4 is 11.1 Å². The number of rotatable bonds is 3. The number of carbonyl (C=O) groups is 2. The first-order chi connectivity index (χ1) is 5.74. The molecule has 0 saturated carbocycles. The molecule has 6 nitrogen and oxygen atoms in total. The van der Waals surface area contributed by atoms with Gasteiger partial charge in [-0.1, -0.05) is 0 Å². The van der Waals surface area contributed by atoms with Crippen molar-refractivity contribution in [2.24, 2.45) is 5.73 Å². The van der Waals surface area contributed by atoms with Crippen molar-refractivity contribution in [3.63, 3.8) is 0 Å². The summed E-state index contributed by atoms with van der Waals surface area (Å²) in [6.07, 6.45) is 3.08. The van der Waals surface area contributed by atoms with E-state index in [2.05, 4.69) is 15.3 Å². The highest BCUT2D eigenvalue weighted by atomic mass is 16.1. The van der Waals surface area contributed by atoms with Crippen molar-refractivity contribution < 1.29 is 9.59 Å². The summed E-state index contributed by atoms with van der Waals surface area (Å²) in [5, 5.41) is 2.32. The second-order valence-corrected chi connectivity index (χ2v) is 1.92. The summed E-state index contributed by atoms with van der Waals surface area (Å²) >= 11 is 0. The maximum atomic E-state index is 10.5. The monoisotopic (exact) mass is 166 g/mol. The van der Waals surface area contributed by atoms with Gasteiger partial charge in [-0.05, 0) is 0 Å². The first-order valence-electron chi connectivity index (χ1n) is 3.06. The highest BCUT2D eigenvalue weighted by Crippen LogP contribution is 1.99. The third-order valence-corrected chi connectivity index (χ3v) is 1.10. The Morgan fingerprint density at radius 2 is 2.08 bits per heavy atom. The van der Waals surface area contributed by atoms with Gasteiger partial charge in [0.1, 0.15) is 0 Å². The van der Waals surface area contributed by atoms with E-state index < -0.39 is 5.91 Å². The molecule has 1 heterocycles. The standard InChI is InChI=1S/C6H6N4O2/c7-5(12)6-8-1-4(2-9-6)10-3-11/h1-3H,(H2,7,12)(H,10,11). The number of aromatic nitrogens is 2. The van der Waals surface area contributed by atoms with Crippen LogP contribution in [0.2, 0.25) is 0 Å². The van der Waals surface area contributed by atoms with Gasteiger partial charge in [0.15, 0.2) is 0 Å². The van der Waals surface area contributed by atoms with E-state index in [4.69, 9.17) is 5.73 Å². The maximum absolute atomic E-state index is 10.5. The van der Waals surface area contributed by atoms with Gasteiger partial charge in [-0.3, -0.25) is 9.59 Å². The van der Waals surface area contributed by atoms with E-state index >= 15 is 0 Å². The van der Waals surface area contributed by atoms with Crippen LogP contribution >= 0.6 is 0 Å². The summed E-state index contributed by atoms with van der Waals surface area (Å²) in [6, 6.07) is 0. The van der Waals surface area contributed by atoms with Crippen LogP contribution in [0.1, 0.15) is 10.6 Å². The fourth-order valence-corrected chi connectivity index (χ4v) is 0.598. The third-order valence-electron chi connectivity index (χ3n) is 1.10. The molecule has 0 atom stereocenters. The molecule has 12 heavy (non-hydrogen) atoms. The number of anilines is 1. The molecule has 6 heteroatoms. The van der Waals surface area contributed by atoms with Crippen LogP contribution in [0.3, 0.4) is 0 Å². The van der Waals surface area contributed by atoms with Gasteiger partial charge in [0.05, 0.1) is 18.1 Å². The zero-order chi connectivity index (χ0) is 8.97. The number of primary amides is 1. The fraction of sp³-hybridized carbons (Fsp3) is 0. The number of carbonyl (C=O) groups excluding carboxylic acids is 2. The SMILES string of the molecule is NC(=O)c1ncc(NC=O)cn1. The highest BCUT2D eigenvalue weighted by molar-refractivity contribution is 5.88. The molecule has 0 unspecified atom stereocenters. The minimum Gasteiger partial charge on any atom is -0.363 e. The molecule has 2 amide bonds. The number of hydrogen-bond donors (Lipinski definition) is 2. The lowest BCUT2D eigenvalue weighted by Gasteiger charge is -1.96. The van der Waals surface area contributed by atoms with Gasteiger partial charge in [0.2, 0.25) is 12.2 Å². The molecule has 0 saturated heterocycles. The molecule has 0 radical (unpaired) electrons. The number of nitrogens with one attached hydrogen (secondary N) is 1. The summed E-state index contributed by atoms with van der Waals surface area (Å²) in [5.74, 6) is -0.779. The largest absolute Gasteiger partial charge is 0.363 e. The second kappa shape index (κ2) is 3.42. The molecule has 0 spiro atoms. The number of amides is 2. The fourth-order valence-electron chi connectivity index (χ4n) is 0.598. The Balaban J connectivity index is 2.85. The van der Waals surface area contributed by atoms with Gasteiger partial charge in [-0.2, -0.15) is 0 Å². The van der Waals surface area contributed by atoms with Crippen molar-refractivity contribution in [1.29, 1.82) is 0 Å². The van der Waals surface area contributed by atoms with Crippen LogP contribution in [0.4, 0.5) is 5.69 Å². The lowest BCUT2D eigenvalue weighted by atomic mass is 10.5. The molecule has 3 N–H and O–H groups in total. The quantitative estimate of drug-likeness (QED) is 0.571. The molecule has 0 aromatic carbocycles. The third kappa shape index (κ3) is 1.75. The topological polar surface area (TPSA) is 98.0 Å². The number of hydrogen-bond acceptors (Lipinski definition) is 4. The minimum absolute atomic E-state index is 0.0774. The van der Waals surface area contributed by atoms with Gasteiger partial charge in [-0.15, -0.1) is 0 Å². The molecular weight excluding hydrogens is 160 g/mol. The minimum atomic E-state index is -0.701. The van der Waals surface area contributed by atoms with Crippen LogP contribution in [0.15, 0.2) is 12.4 Å². The Hall–Kier alpha value is -1.98. The van der Waals surface area contributed by atoms with Crippen LogP contribution in [0.5, 0.6) is 0 Å².